The number of rotatable bonds is 2. The summed E-state index contributed by atoms with van der Waals surface area (Å²) in [7, 11) is 3.03. The van der Waals surface area contributed by atoms with E-state index in [-0.39, 0.29) is 12.1 Å². The van der Waals surface area contributed by atoms with Gasteiger partial charge < -0.3 is 14.4 Å². The Balaban J connectivity index is 2.34. The second-order valence-electron chi connectivity index (χ2n) is 7.27. The first kappa shape index (κ1) is 19.1. The lowest BCUT2D eigenvalue weighted by Crippen LogP contribution is -2.42. The highest BCUT2D eigenvalue weighted by atomic mass is 16.6. The molecule has 0 spiro atoms. The molecular weight excluding hydrogens is 320 g/mol. The summed E-state index contributed by atoms with van der Waals surface area (Å²) >= 11 is 0. The van der Waals surface area contributed by atoms with Crippen molar-refractivity contribution >= 4 is 17.9 Å². The average Bonchev–Trinajstić information content (AvgIpc) is 2.59. The van der Waals surface area contributed by atoms with E-state index in [1.165, 1.54) is 12.0 Å². The minimum Gasteiger partial charge on any atom is -0.452 e. The molecule has 1 aromatic rings. The van der Waals surface area contributed by atoms with E-state index in [9.17, 15) is 9.59 Å². The molecule has 0 N–H and O–H groups in total. The Hall–Kier alpha value is -2.24. The van der Waals surface area contributed by atoms with Crippen molar-refractivity contribution in [3.63, 3.8) is 0 Å². The van der Waals surface area contributed by atoms with Gasteiger partial charge in [-0.3, -0.25) is 4.90 Å². The summed E-state index contributed by atoms with van der Waals surface area (Å²) in [5, 5.41) is 0. The number of ether oxygens (including phenoxy) is 2. The Morgan fingerprint density at radius 3 is 2.52 bits per heavy atom. The summed E-state index contributed by atoms with van der Waals surface area (Å²) in [6.45, 7) is 6.24. The van der Waals surface area contributed by atoms with E-state index in [0.29, 0.717) is 6.54 Å². The maximum absolute atomic E-state index is 12.7. The lowest BCUT2D eigenvalue weighted by molar-refractivity contribution is 0.00958. The van der Waals surface area contributed by atoms with Crippen LogP contribution in [-0.2, 0) is 9.47 Å². The third kappa shape index (κ3) is 4.65. The van der Waals surface area contributed by atoms with Gasteiger partial charge in [0.2, 0.25) is 0 Å². The van der Waals surface area contributed by atoms with Crippen LogP contribution in [0.25, 0.3) is 0 Å². The van der Waals surface area contributed by atoms with Crippen LogP contribution in [0.5, 0.6) is 0 Å². The first-order chi connectivity index (χ1) is 11.7. The van der Waals surface area contributed by atoms with Crippen LogP contribution in [0, 0.1) is 0 Å². The Morgan fingerprint density at radius 1 is 1.20 bits per heavy atom. The highest BCUT2D eigenvalue weighted by molar-refractivity contribution is 5.88. The standard InChI is InChI=1S/C19H28N2O4/c1-19(2,3)25-18(23)21-13-9-8-12-16(21)14-10-6-7-11-15(14)20(4)17(22)24-5/h6-7,10-11,16H,8-9,12-13H2,1-5H3. The van der Waals surface area contributed by atoms with Gasteiger partial charge in [0.1, 0.15) is 5.60 Å². The molecule has 1 aliphatic heterocycles. The number of nitrogens with zero attached hydrogens (tertiary/aromatic N) is 2. The van der Waals surface area contributed by atoms with Gasteiger partial charge in [0, 0.05) is 13.6 Å². The molecule has 1 fully saturated rings. The van der Waals surface area contributed by atoms with E-state index in [1.54, 1.807) is 11.9 Å². The second kappa shape index (κ2) is 7.76. The molecule has 1 saturated heterocycles. The van der Waals surface area contributed by atoms with E-state index < -0.39 is 11.7 Å². The van der Waals surface area contributed by atoms with Crippen LogP contribution in [0.3, 0.4) is 0 Å². The summed E-state index contributed by atoms with van der Waals surface area (Å²) in [6.07, 6.45) is 2.07. The zero-order valence-electron chi connectivity index (χ0n) is 15.7. The molecule has 1 atom stereocenters. The SMILES string of the molecule is COC(=O)N(C)c1ccccc1C1CCCCN1C(=O)OC(C)(C)C. The fraction of sp³-hybridized carbons (Fsp3) is 0.579. The minimum atomic E-state index is -0.540. The molecule has 0 aromatic heterocycles. The van der Waals surface area contributed by atoms with Crippen molar-refractivity contribution in [2.75, 3.05) is 25.6 Å². The summed E-state index contributed by atoms with van der Waals surface area (Å²) in [5.74, 6) is 0. The van der Waals surface area contributed by atoms with Gasteiger partial charge in [-0.15, -0.1) is 0 Å². The maximum Gasteiger partial charge on any atom is 0.413 e. The topological polar surface area (TPSA) is 59.1 Å². The number of amides is 2. The fourth-order valence-corrected chi connectivity index (χ4v) is 3.10. The van der Waals surface area contributed by atoms with Crippen LogP contribution in [-0.4, -0.2) is 43.4 Å². The van der Waals surface area contributed by atoms with E-state index in [1.807, 2.05) is 45.0 Å². The molecule has 2 rings (SSSR count). The molecule has 1 aromatic carbocycles. The molecule has 6 heteroatoms. The highest BCUT2D eigenvalue weighted by Crippen LogP contribution is 2.37. The van der Waals surface area contributed by atoms with Crippen molar-refractivity contribution in [3.8, 4) is 0 Å². The number of hydrogen-bond donors (Lipinski definition) is 0. The quantitative estimate of drug-likeness (QED) is 0.797. The lowest BCUT2D eigenvalue weighted by Gasteiger charge is -2.38. The zero-order chi connectivity index (χ0) is 18.6. The van der Waals surface area contributed by atoms with Crippen molar-refractivity contribution in [2.45, 2.75) is 51.7 Å². The Bertz CT molecular complexity index is 624. The smallest absolute Gasteiger partial charge is 0.413 e. The number of carbonyl (C=O) groups is 2. The molecule has 0 aliphatic carbocycles. The van der Waals surface area contributed by atoms with E-state index in [2.05, 4.69) is 0 Å². The van der Waals surface area contributed by atoms with E-state index >= 15 is 0 Å². The van der Waals surface area contributed by atoms with Crippen LogP contribution in [0.2, 0.25) is 0 Å². The molecule has 1 aliphatic rings. The van der Waals surface area contributed by atoms with Crippen LogP contribution in [0.4, 0.5) is 15.3 Å². The maximum atomic E-state index is 12.7. The number of para-hydroxylation sites is 1. The summed E-state index contributed by atoms with van der Waals surface area (Å²) in [4.78, 5) is 27.9. The first-order valence-corrected chi connectivity index (χ1v) is 8.65. The molecule has 1 heterocycles. The number of methoxy groups -OCH3 is 1. The molecular formula is C19H28N2O4. The van der Waals surface area contributed by atoms with Crippen molar-refractivity contribution < 1.29 is 19.1 Å². The summed E-state index contributed by atoms with van der Waals surface area (Å²) in [6, 6.07) is 7.51. The van der Waals surface area contributed by atoms with Gasteiger partial charge in [0.15, 0.2) is 0 Å². The van der Waals surface area contributed by atoms with E-state index in [4.69, 9.17) is 9.47 Å². The van der Waals surface area contributed by atoms with Gasteiger partial charge in [-0.25, -0.2) is 9.59 Å². The monoisotopic (exact) mass is 348 g/mol. The molecule has 2 amide bonds. The number of benzene rings is 1. The number of carbonyl (C=O) groups excluding carboxylic acids is 2. The predicted octanol–water partition coefficient (Wildman–Crippen LogP) is 4.35. The molecule has 25 heavy (non-hydrogen) atoms. The number of anilines is 1. The first-order valence-electron chi connectivity index (χ1n) is 8.65. The molecule has 138 valence electrons. The van der Waals surface area contributed by atoms with Crippen molar-refractivity contribution in [1.82, 2.24) is 4.90 Å². The third-order valence-corrected chi connectivity index (χ3v) is 4.24. The molecule has 0 saturated carbocycles. The highest BCUT2D eigenvalue weighted by Gasteiger charge is 2.33. The molecule has 0 radical (unpaired) electrons. The number of piperidine rings is 1. The van der Waals surface area contributed by atoms with Gasteiger partial charge >= 0.3 is 12.2 Å². The molecule has 0 bridgehead atoms. The zero-order valence-corrected chi connectivity index (χ0v) is 15.7. The lowest BCUT2D eigenvalue weighted by atomic mass is 9.94. The van der Waals surface area contributed by atoms with Gasteiger partial charge in [-0.05, 0) is 51.7 Å². The van der Waals surface area contributed by atoms with Crippen LogP contribution < -0.4 is 4.90 Å². The Morgan fingerprint density at radius 2 is 1.88 bits per heavy atom. The minimum absolute atomic E-state index is 0.119. The summed E-state index contributed by atoms with van der Waals surface area (Å²) in [5.41, 5.74) is 1.14. The van der Waals surface area contributed by atoms with Crippen LogP contribution in [0.15, 0.2) is 24.3 Å². The number of likely N-dealkylation sites (tertiary alicyclic amines) is 1. The van der Waals surface area contributed by atoms with Gasteiger partial charge in [-0.1, -0.05) is 18.2 Å². The molecule has 6 nitrogen and oxygen atoms in total. The Labute approximate surface area is 149 Å². The summed E-state index contributed by atoms with van der Waals surface area (Å²) < 4.78 is 10.4. The van der Waals surface area contributed by atoms with Crippen LogP contribution in [0.1, 0.15) is 51.6 Å². The average molecular weight is 348 g/mol. The van der Waals surface area contributed by atoms with Crippen molar-refractivity contribution in [3.05, 3.63) is 29.8 Å². The predicted molar refractivity (Wildman–Crippen MR) is 96.8 cm³/mol. The van der Waals surface area contributed by atoms with E-state index in [0.717, 1.165) is 30.5 Å². The molecule has 1 unspecified atom stereocenters. The largest absolute Gasteiger partial charge is 0.452 e. The van der Waals surface area contributed by atoms with Gasteiger partial charge in [-0.2, -0.15) is 0 Å². The third-order valence-electron chi connectivity index (χ3n) is 4.24. The second-order valence-corrected chi connectivity index (χ2v) is 7.27. The normalized spacial score (nSPS) is 17.8. The van der Waals surface area contributed by atoms with Crippen molar-refractivity contribution in [2.24, 2.45) is 0 Å². The Kier molecular flexibility index (Phi) is 5.93. The van der Waals surface area contributed by atoms with Crippen molar-refractivity contribution in [1.29, 1.82) is 0 Å². The van der Waals surface area contributed by atoms with Crippen LogP contribution >= 0.6 is 0 Å². The fourth-order valence-electron chi connectivity index (χ4n) is 3.10. The van der Waals surface area contributed by atoms with Gasteiger partial charge in [0.05, 0.1) is 18.8 Å². The number of hydrogen-bond acceptors (Lipinski definition) is 4. The van der Waals surface area contributed by atoms with Gasteiger partial charge in [0.25, 0.3) is 0 Å².